The molecular weight excluding hydrogens is 210 g/mol. The lowest BCUT2D eigenvalue weighted by atomic mass is 10.0. The highest BCUT2D eigenvalue weighted by Crippen LogP contribution is 2.58. The van der Waals surface area contributed by atoms with Crippen LogP contribution in [-0.2, 0) is 0 Å². The van der Waals surface area contributed by atoms with E-state index in [1.54, 1.807) is 18.3 Å². The zero-order chi connectivity index (χ0) is 10.4. The van der Waals surface area contributed by atoms with Crippen molar-refractivity contribution in [1.29, 1.82) is 0 Å². The number of hydrogen-bond donors (Lipinski definition) is 0. The normalized spacial score (nSPS) is 33.5. The van der Waals surface area contributed by atoms with Crippen LogP contribution in [0.25, 0.3) is 0 Å². The summed E-state index contributed by atoms with van der Waals surface area (Å²) in [4.78, 5) is 11.7. The van der Waals surface area contributed by atoms with Crippen molar-refractivity contribution in [3.05, 3.63) is 33.7 Å². The van der Waals surface area contributed by atoms with Crippen LogP contribution >= 0.6 is 11.6 Å². The molecule has 15 heavy (non-hydrogen) atoms. The molecule has 0 radical (unpaired) electrons. The first-order valence-corrected chi connectivity index (χ1v) is 6.03. The summed E-state index contributed by atoms with van der Waals surface area (Å²) in [6.07, 6.45) is 7.02. The van der Waals surface area contributed by atoms with Crippen molar-refractivity contribution in [2.24, 2.45) is 11.8 Å². The lowest BCUT2D eigenvalue weighted by Crippen LogP contribution is -2.18. The molecule has 2 aliphatic carbocycles. The van der Waals surface area contributed by atoms with Gasteiger partial charge in [-0.25, -0.2) is 0 Å². The van der Waals surface area contributed by atoms with Gasteiger partial charge in [-0.15, -0.1) is 0 Å². The lowest BCUT2D eigenvalue weighted by molar-refractivity contribution is 0.480. The molecule has 2 atom stereocenters. The molecule has 0 aliphatic heterocycles. The van der Waals surface area contributed by atoms with E-state index in [0.29, 0.717) is 11.1 Å². The van der Waals surface area contributed by atoms with Gasteiger partial charge in [-0.05, 0) is 30.7 Å². The number of rotatable bonds is 1. The maximum absolute atomic E-state index is 11.7. The Hall–Kier alpha value is -0.760. The van der Waals surface area contributed by atoms with E-state index in [1.807, 2.05) is 4.57 Å². The van der Waals surface area contributed by atoms with Crippen LogP contribution in [0.15, 0.2) is 23.1 Å². The van der Waals surface area contributed by atoms with Crippen molar-refractivity contribution in [3.8, 4) is 0 Å². The number of halogens is 1. The Morgan fingerprint density at radius 2 is 1.87 bits per heavy atom. The quantitative estimate of drug-likeness (QED) is 0.718. The van der Waals surface area contributed by atoms with Gasteiger partial charge in [-0.3, -0.25) is 4.79 Å². The van der Waals surface area contributed by atoms with Gasteiger partial charge in [-0.2, -0.15) is 0 Å². The predicted octanol–water partition coefficient (Wildman–Crippen LogP) is 2.86. The van der Waals surface area contributed by atoms with Gasteiger partial charge in [0.25, 0.3) is 5.56 Å². The Morgan fingerprint density at radius 3 is 2.53 bits per heavy atom. The van der Waals surface area contributed by atoms with Crippen molar-refractivity contribution < 1.29 is 0 Å². The number of nitrogens with zero attached hydrogens (tertiary/aromatic N) is 1. The first-order valence-electron chi connectivity index (χ1n) is 5.65. The average Bonchev–Trinajstić information content (AvgIpc) is 2.96. The molecule has 0 aromatic carbocycles. The Morgan fingerprint density at radius 1 is 1.20 bits per heavy atom. The van der Waals surface area contributed by atoms with Crippen LogP contribution < -0.4 is 5.56 Å². The minimum Gasteiger partial charge on any atom is -0.310 e. The van der Waals surface area contributed by atoms with E-state index < -0.39 is 0 Å². The standard InChI is InChI=1S/C12H14ClNO/c13-8-5-6-11(15)14(7-8)12-9-3-1-2-4-10(9)12/h5-7,9-10,12H,1-4H2. The second kappa shape index (κ2) is 3.38. The Balaban J connectivity index is 1.94. The van der Waals surface area contributed by atoms with Gasteiger partial charge < -0.3 is 4.57 Å². The van der Waals surface area contributed by atoms with E-state index in [-0.39, 0.29) is 5.56 Å². The van der Waals surface area contributed by atoms with Crippen LogP contribution in [0.3, 0.4) is 0 Å². The predicted molar refractivity (Wildman–Crippen MR) is 60.2 cm³/mol. The fourth-order valence-electron chi connectivity index (χ4n) is 3.08. The molecule has 2 nitrogen and oxygen atoms in total. The Bertz CT molecular complexity index is 427. The number of hydrogen-bond acceptors (Lipinski definition) is 1. The fourth-order valence-corrected chi connectivity index (χ4v) is 3.24. The second-order valence-electron chi connectivity index (χ2n) is 4.70. The van der Waals surface area contributed by atoms with E-state index in [4.69, 9.17) is 11.6 Å². The smallest absolute Gasteiger partial charge is 0.250 e. The molecule has 0 bridgehead atoms. The topological polar surface area (TPSA) is 22.0 Å². The summed E-state index contributed by atoms with van der Waals surface area (Å²) in [7, 11) is 0. The van der Waals surface area contributed by atoms with Gasteiger partial charge >= 0.3 is 0 Å². The van der Waals surface area contributed by atoms with E-state index in [1.165, 1.54) is 25.7 Å². The van der Waals surface area contributed by atoms with E-state index in [9.17, 15) is 4.79 Å². The molecule has 2 saturated carbocycles. The van der Waals surface area contributed by atoms with Gasteiger partial charge in [0, 0.05) is 18.3 Å². The second-order valence-corrected chi connectivity index (χ2v) is 5.13. The Kier molecular flexibility index (Phi) is 2.13. The summed E-state index contributed by atoms with van der Waals surface area (Å²) in [6.45, 7) is 0. The maximum Gasteiger partial charge on any atom is 0.250 e. The molecule has 80 valence electrons. The highest BCUT2D eigenvalue weighted by molar-refractivity contribution is 6.30. The molecule has 3 heteroatoms. The van der Waals surface area contributed by atoms with Crippen LogP contribution in [0.4, 0.5) is 0 Å². The zero-order valence-corrected chi connectivity index (χ0v) is 9.28. The van der Waals surface area contributed by atoms with E-state index >= 15 is 0 Å². The summed E-state index contributed by atoms with van der Waals surface area (Å²) < 4.78 is 1.85. The van der Waals surface area contributed by atoms with Gasteiger partial charge in [-0.1, -0.05) is 24.4 Å². The molecule has 1 heterocycles. The largest absolute Gasteiger partial charge is 0.310 e. The van der Waals surface area contributed by atoms with E-state index in [0.717, 1.165) is 11.8 Å². The van der Waals surface area contributed by atoms with Crippen LogP contribution in [0.2, 0.25) is 5.02 Å². The minimum atomic E-state index is 0.0961. The average molecular weight is 224 g/mol. The van der Waals surface area contributed by atoms with Crippen molar-refractivity contribution in [2.45, 2.75) is 31.7 Å². The Labute approximate surface area is 93.9 Å². The number of aromatic nitrogens is 1. The van der Waals surface area contributed by atoms with Crippen molar-refractivity contribution >= 4 is 11.6 Å². The van der Waals surface area contributed by atoms with Crippen LogP contribution in [0.5, 0.6) is 0 Å². The monoisotopic (exact) mass is 223 g/mol. The highest BCUT2D eigenvalue weighted by atomic mass is 35.5. The molecule has 3 rings (SSSR count). The van der Waals surface area contributed by atoms with Gasteiger partial charge in [0.2, 0.25) is 0 Å². The number of fused-ring (bicyclic) bond motifs is 1. The third-order valence-corrected chi connectivity index (χ3v) is 4.06. The third kappa shape index (κ3) is 1.51. The summed E-state index contributed by atoms with van der Waals surface area (Å²) in [6, 6.07) is 3.69. The maximum atomic E-state index is 11.7. The molecule has 0 amide bonds. The molecule has 0 saturated heterocycles. The first kappa shape index (κ1) is 9.46. The molecule has 1 aromatic rings. The highest BCUT2D eigenvalue weighted by Gasteiger charge is 2.51. The zero-order valence-electron chi connectivity index (χ0n) is 8.53. The van der Waals surface area contributed by atoms with Gasteiger partial charge in [0.15, 0.2) is 0 Å². The molecule has 2 unspecified atom stereocenters. The van der Waals surface area contributed by atoms with Gasteiger partial charge in [0.1, 0.15) is 0 Å². The number of pyridine rings is 1. The minimum absolute atomic E-state index is 0.0961. The van der Waals surface area contributed by atoms with Crippen LogP contribution in [-0.4, -0.2) is 4.57 Å². The molecule has 2 fully saturated rings. The molecule has 0 N–H and O–H groups in total. The van der Waals surface area contributed by atoms with Crippen molar-refractivity contribution in [1.82, 2.24) is 4.57 Å². The summed E-state index contributed by atoms with van der Waals surface area (Å²) in [5.74, 6) is 1.49. The fraction of sp³-hybridized carbons (Fsp3) is 0.583. The molecular formula is C12H14ClNO. The van der Waals surface area contributed by atoms with Crippen molar-refractivity contribution in [2.75, 3.05) is 0 Å². The molecule has 0 spiro atoms. The molecule has 1 aromatic heterocycles. The van der Waals surface area contributed by atoms with Crippen LogP contribution in [0.1, 0.15) is 31.7 Å². The summed E-state index contributed by atoms with van der Waals surface area (Å²) in [5.41, 5.74) is 0.0961. The van der Waals surface area contributed by atoms with Crippen molar-refractivity contribution in [3.63, 3.8) is 0 Å². The van der Waals surface area contributed by atoms with Crippen LogP contribution in [0, 0.1) is 11.8 Å². The first-order chi connectivity index (χ1) is 7.27. The third-order valence-electron chi connectivity index (χ3n) is 3.83. The lowest BCUT2D eigenvalue weighted by Gasteiger charge is -2.04. The van der Waals surface area contributed by atoms with E-state index in [2.05, 4.69) is 0 Å². The SMILES string of the molecule is O=c1ccc(Cl)cn1C1C2CCCCC21. The summed E-state index contributed by atoms with van der Waals surface area (Å²) >= 11 is 5.93. The summed E-state index contributed by atoms with van der Waals surface area (Å²) in [5, 5.41) is 0.665. The van der Waals surface area contributed by atoms with Gasteiger partial charge in [0.05, 0.1) is 5.02 Å². The molecule has 2 aliphatic rings.